The Kier molecular flexibility index (Phi) is 17.5. The summed E-state index contributed by atoms with van der Waals surface area (Å²) in [4.78, 5) is 0. The first-order chi connectivity index (χ1) is 18.8. The van der Waals surface area contributed by atoms with Crippen molar-refractivity contribution in [2.24, 2.45) is 0 Å². The molecule has 2 aliphatic rings. The van der Waals surface area contributed by atoms with Crippen LogP contribution in [0.4, 0.5) is 0 Å². The molecule has 10 atom stereocenters. The van der Waals surface area contributed by atoms with Crippen LogP contribution in [0.2, 0.25) is 0 Å². The Morgan fingerprint density at radius 2 is 0.974 bits per heavy atom. The van der Waals surface area contributed by atoms with Crippen molar-refractivity contribution in [2.75, 3.05) is 19.8 Å². The van der Waals surface area contributed by atoms with Crippen LogP contribution in [0.5, 0.6) is 0 Å². The van der Waals surface area contributed by atoms with Gasteiger partial charge in [0.1, 0.15) is 48.8 Å². The summed E-state index contributed by atoms with van der Waals surface area (Å²) in [6.07, 6.45) is 2.97. The minimum atomic E-state index is -1.69. The maximum atomic E-state index is 10.6. The molecule has 0 aromatic heterocycles. The lowest BCUT2D eigenvalue weighted by Crippen LogP contribution is -2.64. The summed E-state index contributed by atoms with van der Waals surface area (Å²) in [6, 6.07) is 0. The average Bonchev–Trinajstić information content (AvgIpc) is 2.94. The Balaban J connectivity index is 1.62. The van der Waals surface area contributed by atoms with Gasteiger partial charge in [0.2, 0.25) is 0 Å². The van der Waals surface area contributed by atoms with Crippen LogP contribution in [0.1, 0.15) is 96.8 Å². The molecule has 2 saturated heterocycles. The van der Waals surface area contributed by atoms with Crippen molar-refractivity contribution in [3.05, 3.63) is 0 Å². The summed E-state index contributed by atoms with van der Waals surface area (Å²) in [5.41, 5.74) is 0. The summed E-state index contributed by atoms with van der Waals surface area (Å²) in [5.74, 6) is 0. The van der Waals surface area contributed by atoms with Gasteiger partial charge in [0.25, 0.3) is 0 Å². The number of hydrogen-bond donors (Lipinski definition) is 7. The number of aliphatic hydroxyl groups excluding tert-OH is 7. The van der Waals surface area contributed by atoms with Gasteiger partial charge < -0.3 is 54.7 Å². The first kappa shape index (κ1) is 34.8. The third kappa shape index (κ3) is 11.4. The van der Waals surface area contributed by atoms with Gasteiger partial charge in [-0.25, -0.2) is 0 Å². The van der Waals surface area contributed by atoms with E-state index in [9.17, 15) is 35.7 Å². The van der Waals surface area contributed by atoms with Crippen molar-refractivity contribution in [1.29, 1.82) is 0 Å². The minimum absolute atomic E-state index is 0.322. The predicted octanol–water partition coefficient (Wildman–Crippen LogP) is 1.11. The van der Waals surface area contributed by atoms with Crippen LogP contribution in [0.15, 0.2) is 0 Å². The van der Waals surface area contributed by atoms with Crippen LogP contribution in [-0.2, 0) is 18.9 Å². The second-order valence-corrected chi connectivity index (χ2v) is 11.0. The highest BCUT2D eigenvalue weighted by Crippen LogP contribution is 2.29. The quantitative estimate of drug-likeness (QED) is 0.105. The molecule has 0 radical (unpaired) electrons. The molecule has 0 spiro atoms. The first-order valence-electron chi connectivity index (χ1n) is 15.1. The molecule has 11 nitrogen and oxygen atoms in total. The largest absolute Gasteiger partial charge is 0.394 e. The summed E-state index contributed by atoms with van der Waals surface area (Å²) < 4.78 is 22.1. The molecule has 7 N–H and O–H groups in total. The molecule has 0 aromatic rings. The molecular weight excluding hydrogens is 512 g/mol. The van der Waals surface area contributed by atoms with E-state index in [0.717, 1.165) is 19.3 Å². The molecular formula is C28H54O11. The highest BCUT2D eigenvalue weighted by Gasteiger charge is 2.50. The van der Waals surface area contributed by atoms with Crippen LogP contribution in [-0.4, -0.2) is 117 Å². The van der Waals surface area contributed by atoms with Crippen LogP contribution in [0.25, 0.3) is 0 Å². The lowest BCUT2D eigenvalue weighted by molar-refractivity contribution is -0.359. The number of aliphatic hydroxyl groups is 7. The lowest BCUT2D eigenvalue weighted by atomic mass is 9.97. The number of hydrogen-bond acceptors (Lipinski definition) is 11. The smallest absolute Gasteiger partial charge is 0.187 e. The second kappa shape index (κ2) is 19.6. The maximum Gasteiger partial charge on any atom is 0.187 e. The van der Waals surface area contributed by atoms with E-state index in [4.69, 9.17) is 18.9 Å². The van der Waals surface area contributed by atoms with Gasteiger partial charge >= 0.3 is 0 Å². The van der Waals surface area contributed by atoms with Gasteiger partial charge in [-0.05, 0) is 6.42 Å². The lowest BCUT2D eigenvalue weighted by Gasteiger charge is -2.45. The van der Waals surface area contributed by atoms with Gasteiger partial charge in [0.15, 0.2) is 12.6 Å². The normalized spacial score (nSPS) is 35.4. The molecule has 0 saturated carbocycles. The van der Waals surface area contributed by atoms with Crippen LogP contribution in [0, 0.1) is 0 Å². The fourth-order valence-electron chi connectivity index (χ4n) is 5.19. The SMILES string of the molecule is CCCCCCCCCCCCCCCCO[C@H]1O[C@@H](CO)[C@@H](O[C@H]2O[C@@H](CO)[C@@H](O)[C@@H](O)[C@H]2O)[C@@H](O)[C@H]1O. The van der Waals surface area contributed by atoms with Crippen molar-refractivity contribution >= 4 is 0 Å². The molecule has 232 valence electrons. The van der Waals surface area contributed by atoms with Crippen molar-refractivity contribution in [3.8, 4) is 0 Å². The second-order valence-electron chi connectivity index (χ2n) is 11.0. The monoisotopic (exact) mass is 566 g/mol. The number of unbranched alkanes of at least 4 members (excludes halogenated alkanes) is 13. The van der Waals surface area contributed by atoms with Gasteiger partial charge in [-0.1, -0.05) is 90.4 Å². The summed E-state index contributed by atoms with van der Waals surface area (Å²) in [5, 5.41) is 70.4. The van der Waals surface area contributed by atoms with E-state index in [1.807, 2.05) is 0 Å². The first-order valence-corrected chi connectivity index (χ1v) is 15.1. The zero-order chi connectivity index (χ0) is 28.6. The zero-order valence-electron chi connectivity index (χ0n) is 23.6. The number of rotatable bonds is 20. The molecule has 0 amide bonds. The fourth-order valence-corrected chi connectivity index (χ4v) is 5.19. The highest BCUT2D eigenvalue weighted by atomic mass is 16.7. The fraction of sp³-hybridized carbons (Fsp3) is 1.00. The molecule has 2 fully saturated rings. The van der Waals surface area contributed by atoms with Crippen LogP contribution in [0.3, 0.4) is 0 Å². The number of ether oxygens (including phenoxy) is 4. The Bertz CT molecular complexity index is 608. The Labute approximate surface area is 233 Å². The van der Waals surface area contributed by atoms with Gasteiger partial charge in [-0.15, -0.1) is 0 Å². The summed E-state index contributed by atoms with van der Waals surface area (Å²) >= 11 is 0. The van der Waals surface area contributed by atoms with Crippen LogP contribution >= 0.6 is 0 Å². The summed E-state index contributed by atoms with van der Waals surface area (Å²) in [7, 11) is 0. The van der Waals surface area contributed by atoms with E-state index in [0.29, 0.717) is 6.61 Å². The van der Waals surface area contributed by atoms with E-state index in [1.54, 1.807) is 0 Å². The Hall–Kier alpha value is -0.440. The van der Waals surface area contributed by atoms with E-state index in [1.165, 1.54) is 70.6 Å². The zero-order valence-corrected chi connectivity index (χ0v) is 23.6. The Morgan fingerprint density at radius 1 is 0.513 bits per heavy atom. The Morgan fingerprint density at radius 3 is 1.49 bits per heavy atom. The van der Waals surface area contributed by atoms with Gasteiger partial charge in [-0.3, -0.25) is 0 Å². The van der Waals surface area contributed by atoms with Crippen molar-refractivity contribution in [1.82, 2.24) is 0 Å². The summed E-state index contributed by atoms with van der Waals surface area (Å²) in [6.45, 7) is 1.34. The molecule has 0 aromatic carbocycles. The third-order valence-corrected chi connectivity index (χ3v) is 7.74. The highest BCUT2D eigenvalue weighted by molar-refractivity contribution is 4.94. The molecule has 2 heterocycles. The molecule has 39 heavy (non-hydrogen) atoms. The molecule has 0 bridgehead atoms. The van der Waals surface area contributed by atoms with Crippen molar-refractivity contribution in [2.45, 2.75) is 158 Å². The van der Waals surface area contributed by atoms with E-state index >= 15 is 0 Å². The van der Waals surface area contributed by atoms with Gasteiger partial charge in [-0.2, -0.15) is 0 Å². The van der Waals surface area contributed by atoms with E-state index in [2.05, 4.69) is 6.92 Å². The molecule has 0 aliphatic carbocycles. The average molecular weight is 567 g/mol. The third-order valence-electron chi connectivity index (χ3n) is 7.74. The van der Waals surface area contributed by atoms with E-state index < -0.39 is 74.6 Å². The van der Waals surface area contributed by atoms with Gasteiger partial charge in [0.05, 0.1) is 13.2 Å². The van der Waals surface area contributed by atoms with E-state index in [-0.39, 0.29) is 0 Å². The van der Waals surface area contributed by atoms with Crippen molar-refractivity contribution < 1.29 is 54.7 Å². The maximum absolute atomic E-state index is 10.6. The molecule has 0 unspecified atom stereocenters. The standard InChI is InChI=1S/C28H54O11/c1-2-3-4-5-6-7-8-9-10-11-12-13-14-15-16-36-27-25(35)23(33)26(20(18-30)38-27)39-28-24(34)22(32)21(31)19(17-29)37-28/h19-35H,2-18H2,1H3/t19-,20-,21+,22+,23-,24+,25+,26+,27-,28+/m0/s1. The predicted molar refractivity (Wildman–Crippen MR) is 143 cm³/mol. The molecule has 11 heteroatoms. The minimum Gasteiger partial charge on any atom is -0.394 e. The topological polar surface area (TPSA) is 179 Å². The molecule has 2 rings (SSSR count). The van der Waals surface area contributed by atoms with Crippen LogP contribution < -0.4 is 0 Å². The molecule has 2 aliphatic heterocycles. The van der Waals surface area contributed by atoms with Gasteiger partial charge in [0, 0.05) is 6.61 Å². The van der Waals surface area contributed by atoms with Crippen molar-refractivity contribution in [3.63, 3.8) is 0 Å².